The molecule has 0 fully saturated rings. The summed E-state index contributed by atoms with van der Waals surface area (Å²) in [6.07, 6.45) is 59.9. The normalized spacial score (nSPS) is 13.9. The van der Waals surface area contributed by atoms with Crippen LogP contribution in [0.3, 0.4) is 0 Å². The number of carbonyl (C=O) groups is 3. The lowest BCUT2D eigenvalue weighted by molar-refractivity contribution is -0.161. The number of hydrogen-bond acceptors (Lipinski definition) is 10. The minimum absolute atomic E-state index is 0.153. The number of rotatable bonds is 53. The van der Waals surface area contributed by atoms with Gasteiger partial charge in [-0.05, 0) is 109 Å². The van der Waals surface area contributed by atoms with Crippen LogP contribution in [0.25, 0.3) is 0 Å². The van der Waals surface area contributed by atoms with Gasteiger partial charge in [-0.1, -0.05) is 196 Å². The van der Waals surface area contributed by atoms with Gasteiger partial charge in [-0.2, -0.15) is 0 Å². The van der Waals surface area contributed by atoms with Crippen molar-refractivity contribution < 1.29 is 52.2 Å². The first-order valence-corrected chi connectivity index (χ1v) is 30.3. The zero-order valence-corrected chi connectivity index (χ0v) is 46.8. The van der Waals surface area contributed by atoms with Crippen molar-refractivity contribution in [2.45, 2.75) is 264 Å². The van der Waals surface area contributed by atoms with Gasteiger partial charge >= 0.3 is 25.7 Å². The highest BCUT2D eigenvalue weighted by Crippen LogP contribution is 2.43. The molecule has 72 heavy (non-hydrogen) atoms. The minimum atomic E-state index is -4.76. The van der Waals surface area contributed by atoms with Crippen LogP contribution < -0.4 is 0 Å². The number of aliphatic hydroxyl groups excluding tert-OH is 1. The van der Waals surface area contributed by atoms with Crippen molar-refractivity contribution in [3.8, 4) is 0 Å². The van der Waals surface area contributed by atoms with Crippen LogP contribution in [-0.2, 0) is 42.2 Å². The molecule has 416 valence electrons. The lowest BCUT2D eigenvalue weighted by Crippen LogP contribution is -2.30. The summed E-state index contributed by atoms with van der Waals surface area (Å²) in [5.41, 5.74) is 0. The van der Waals surface area contributed by atoms with Gasteiger partial charge in [0.05, 0.1) is 19.8 Å². The predicted molar refractivity (Wildman–Crippen MR) is 298 cm³/mol. The van der Waals surface area contributed by atoms with Crippen LogP contribution in [0.5, 0.6) is 0 Å². The smallest absolute Gasteiger partial charge is 0.462 e. The van der Waals surface area contributed by atoms with Crippen LogP contribution in [0, 0.1) is 0 Å². The number of phosphoric ester groups is 1. The highest BCUT2D eigenvalue weighted by atomic mass is 31.2. The number of unbranched alkanes of at least 4 members (excludes halogenated alkanes) is 24. The maximum absolute atomic E-state index is 12.9. The van der Waals surface area contributed by atoms with E-state index in [9.17, 15) is 28.9 Å². The van der Waals surface area contributed by atoms with Crippen molar-refractivity contribution in [1.82, 2.24) is 0 Å². The van der Waals surface area contributed by atoms with E-state index in [0.717, 1.165) is 128 Å². The molecule has 11 nitrogen and oxygen atoms in total. The van der Waals surface area contributed by atoms with Gasteiger partial charge in [0.2, 0.25) is 0 Å². The molecule has 0 saturated carbocycles. The fraction of sp³-hybridized carbons (Fsp3) is 0.750. The van der Waals surface area contributed by atoms with Gasteiger partial charge < -0.3 is 24.2 Å². The first kappa shape index (κ1) is 68.9. The standard InChI is InChI=1S/C60H105O11P/c1-4-7-10-13-16-19-22-25-27-28-30-33-36-39-42-45-48-51-60(64)71-57(53-67-58(62)49-46-43-40-37-34-31-24-21-18-15-12-9-6-3)55-69-72(65,66)68-54-56(52-61)70-59(63)50-47-44-41-38-35-32-29-26-23-20-17-14-11-8-5-2/h12,15-17,19-21,24-27,29,56-57,61H,4-11,13-14,18,22-23,28,30-55H2,1-3H3,(H,65,66)/b15-12-,19-16-,20-17-,24-21-,27-25-,29-26-. The molecule has 0 aromatic carbocycles. The molecule has 0 aromatic rings. The van der Waals surface area contributed by atoms with Crippen molar-refractivity contribution in [2.75, 3.05) is 26.4 Å². The van der Waals surface area contributed by atoms with Crippen molar-refractivity contribution >= 4 is 25.7 Å². The van der Waals surface area contributed by atoms with Crippen molar-refractivity contribution in [2.24, 2.45) is 0 Å². The Morgan fingerprint density at radius 1 is 0.389 bits per heavy atom. The van der Waals surface area contributed by atoms with Crippen molar-refractivity contribution in [3.05, 3.63) is 72.9 Å². The van der Waals surface area contributed by atoms with Crippen LogP contribution in [0.1, 0.15) is 252 Å². The number of aliphatic hydroxyl groups is 1. The Balaban J connectivity index is 4.75. The van der Waals surface area contributed by atoms with Gasteiger partial charge in [0.25, 0.3) is 0 Å². The molecule has 0 aromatic heterocycles. The van der Waals surface area contributed by atoms with E-state index >= 15 is 0 Å². The van der Waals surface area contributed by atoms with Gasteiger partial charge in [-0.15, -0.1) is 0 Å². The van der Waals surface area contributed by atoms with Gasteiger partial charge in [0.1, 0.15) is 12.7 Å². The quantitative estimate of drug-likeness (QED) is 0.0197. The molecule has 0 rings (SSSR count). The Kier molecular flexibility index (Phi) is 51.9. The van der Waals surface area contributed by atoms with E-state index in [-0.39, 0.29) is 25.9 Å². The first-order chi connectivity index (χ1) is 35.2. The summed E-state index contributed by atoms with van der Waals surface area (Å²) in [4.78, 5) is 48.5. The molecular formula is C60H105O11P. The molecule has 0 bridgehead atoms. The molecular weight excluding hydrogens is 928 g/mol. The van der Waals surface area contributed by atoms with Crippen molar-refractivity contribution in [1.29, 1.82) is 0 Å². The zero-order valence-electron chi connectivity index (χ0n) is 45.9. The number of hydrogen-bond donors (Lipinski definition) is 2. The number of carbonyl (C=O) groups excluding carboxylic acids is 3. The van der Waals surface area contributed by atoms with E-state index in [1.54, 1.807) is 0 Å². The fourth-order valence-electron chi connectivity index (χ4n) is 7.63. The highest BCUT2D eigenvalue weighted by molar-refractivity contribution is 7.47. The van der Waals surface area contributed by atoms with Crippen LogP contribution in [-0.4, -0.2) is 66.5 Å². The van der Waals surface area contributed by atoms with Gasteiger partial charge in [0, 0.05) is 19.3 Å². The summed E-state index contributed by atoms with van der Waals surface area (Å²) in [7, 11) is -4.76. The number of esters is 3. The highest BCUT2D eigenvalue weighted by Gasteiger charge is 2.28. The Hall–Kier alpha value is -3.08. The summed E-state index contributed by atoms with van der Waals surface area (Å²) in [6.45, 7) is 4.50. The van der Waals surface area contributed by atoms with Crippen LogP contribution in [0.2, 0.25) is 0 Å². The Morgan fingerprint density at radius 2 is 0.708 bits per heavy atom. The van der Waals surface area contributed by atoms with E-state index in [1.807, 2.05) is 0 Å². The fourth-order valence-corrected chi connectivity index (χ4v) is 8.41. The molecule has 0 amide bonds. The molecule has 0 aliphatic heterocycles. The Morgan fingerprint density at radius 3 is 1.08 bits per heavy atom. The number of ether oxygens (including phenoxy) is 3. The molecule has 0 aliphatic rings. The van der Waals surface area contributed by atoms with Gasteiger partial charge in [-0.25, -0.2) is 4.57 Å². The third-order valence-corrected chi connectivity index (χ3v) is 13.0. The SMILES string of the molecule is CCC/C=C\C/C=C\CCCCCCCC(=O)OCC(COP(=O)(O)OCC(CO)OC(=O)CCCCCCC/C=C\C/C=C\CCCCC)OC(=O)CCCCCCCCC/C=C\C/C=C\CCCCC. The van der Waals surface area contributed by atoms with E-state index in [1.165, 1.54) is 64.2 Å². The van der Waals surface area contributed by atoms with Crippen LogP contribution in [0.15, 0.2) is 72.9 Å². The van der Waals surface area contributed by atoms with E-state index in [4.69, 9.17) is 23.3 Å². The summed E-state index contributed by atoms with van der Waals surface area (Å²) < 4.78 is 39.5. The Labute approximate surface area is 439 Å². The number of allylic oxidation sites excluding steroid dienone is 12. The van der Waals surface area contributed by atoms with Crippen molar-refractivity contribution in [3.63, 3.8) is 0 Å². The maximum atomic E-state index is 12.9. The molecule has 0 spiro atoms. The molecule has 3 unspecified atom stereocenters. The average molecular weight is 1030 g/mol. The molecule has 0 radical (unpaired) electrons. The predicted octanol–water partition coefficient (Wildman–Crippen LogP) is 16.9. The maximum Gasteiger partial charge on any atom is 0.472 e. The molecule has 2 N–H and O–H groups in total. The zero-order chi connectivity index (χ0) is 52.7. The monoisotopic (exact) mass is 1030 g/mol. The van der Waals surface area contributed by atoms with Gasteiger partial charge in [-0.3, -0.25) is 23.4 Å². The average Bonchev–Trinajstić information content (AvgIpc) is 3.37. The van der Waals surface area contributed by atoms with E-state index < -0.39 is 57.8 Å². The van der Waals surface area contributed by atoms with Crippen LogP contribution >= 0.6 is 7.82 Å². The summed E-state index contributed by atoms with van der Waals surface area (Å²) in [6, 6.07) is 0. The third-order valence-electron chi connectivity index (χ3n) is 12.1. The first-order valence-electron chi connectivity index (χ1n) is 28.8. The summed E-state index contributed by atoms with van der Waals surface area (Å²) >= 11 is 0. The topological polar surface area (TPSA) is 155 Å². The lowest BCUT2D eigenvalue weighted by atomic mass is 10.1. The summed E-state index contributed by atoms with van der Waals surface area (Å²) in [5.74, 6) is -1.50. The van der Waals surface area contributed by atoms with Gasteiger partial charge in [0.15, 0.2) is 6.10 Å². The second-order valence-corrected chi connectivity index (χ2v) is 20.5. The second-order valence-electron chi connectivity index (χ2n) is 19.1. The number of phosphoric acid groups is 1. The van der Waals surface area contributed by atoms with E-state index in [2.05, 4.69) is 93.7 Å². The molecule has 3 atom stereocenters. The Bertz CT molecular complexity index is 1490. The molecule has 0 aliphatic carbocycles. The largest absolute Gasteiger partial charge is 0.472 e. The molecule has 0 heterocycles. The molecule has 12 heteroatoms. The second kappa shape index (κ2) is 54.2. The lowest BCUT2D eigenvalue weighted by Gasteiger charge is -2.21. The summed E-state index contributed by atoms with van der Waals surface area (Å²) in [5, 5.41) is 9.81. The third kappa shape index (κ3) is 51.8. The van der Waals surface area contributed by atoms with E-state index in [0.29, 0.717) is 19.3 Å². The minimum Gasteiger partial charge on any atom is -0.462 e. The van der Waals surface area contributed by atoms with Crippen LogP contribution in [0.4, 0.5) is 0 Å². The molecule has 0 saturated heterocycles.